The van der Waals surface area contributed by atoms with Gasteiger partial charge in [-0.05, 0) is 55.7 Å². The van der Waals surface area contributed by atoms with Crippen LogP contribution in [0.15, 0.2) is 72.1 Å². The molecule has 1 saturated heterocycles. The van der Waals surface area contributed by atoms with Crippen LogP contribution in [-0.2, 0) is 14.9 Å². The topological polar surface area (TPSA) is 174 Å². The van der Waals surface area contributed by atoms with Gasteiger partial charge in [0.25, 0.3) is 16.0 Å². The third-order valence-corrected chi connectivity index (χ3v) is 7.48. The van der Waals surface area contributed by atoms with E-state index in [2.05, 4.69) is 25.6 Å². The van der Waals surface area contributed by atoms with Crippen molar-refractivity contribution in [2.45, 2.75) is 36.7 Å². The number of amides is 1. The number of aryl methyl sites for hydroxylation is 1. The first-order chi connectivity index (χ1) is 20.5. The van der Waals surface area contributed by atoms with Crippen LogP contribution in [0.3, 0.4) is 0 Å². The van der Waals surface area contributed by atoms with Gasteiger partial charge < -0.3 is 21.1 Å². The van der Waals surface area contributed by atoms with Crippen LogP contribution in [0.4, 0.5) is 10.3 Å². The minimum atomic E-state index is -4.00. The second-order valence-electron chi connectivity index (χ2n) is 9.70. The number of halogens is 2. The molecule has 12 nitrogen and oxygen atoms in total. The number of imidazole rings is 1. The van der Waals surface area contributed by atoms with Gasteiger partial charge in [-0.2, -0.15) is 13.4 Å². The van der Waals surface area contributed by atoms with Gasteiger partial charge in [-0.3, -0.25) is 13.9 Å². The Labute approximate surface area is 253 Å². The molecule has 1 aliphatic rings. The van der Waals surface area contributed by atoms with E-state index < -0.39 is 27.9 Å². The third-order valence-electron chi connectivity index (χ3n) is 6.40. The normalized spacial score (nSPS) is 14.3. The Bertz CT molecular complexity index is 1630. The number of hydrogen-bond donors (Lipinski definition) is 4. The summed E-state index contributed by atoms with van der Waals surface area (Å²) < 4.78 is 49.8. The van der Waals surface area contributed by atoms with Gasteiger partial charge in [0.1, 0.15) is 23.7 Å². The summed E-state index contributed by atoms with van der Waals surface area (Å²) in [6, 6.07) is 11.1. The zero-order chi connectivity index (χ0) is 31.0. The van der Waals surface area contributed by atoms with Crippen molar-refractivity contribution < 1.29 is 26.9 Å². The summed E-state index contributed by atoms with van der Waals surface area (Å²) in [5.41, 5.74) is 7.60. The fourth-order valence-corrected chi connectivity index (χ4v) is 4.87. The number of carbonyl (C=O) groups is 1. The minimum Gasteiger partial charge on any atom is -0.381 e. The number of rotatable bonds is 8. The molecule has 1 atom stereocenters. The Balaban J connectivity index is 0.000000359. The summed E-state index contributed by atoms with van der Waals surface area (Å²) >= 11 is 5.88. The summed E-state index contributed by atoms with van der Waals surface area (Å²) in [6.07, 6.45) is 6.63. The van der Waals surface area contributed by atoms with Crippen molar-refractivity contribution in [1.82, 2.24) is 24.8 Å². The van der Waals surface area contributed by atoms with E-state index >= 15 is 0 Å². The summed E-state index contributed by atoms with van der Waals surface area (Å²) in [4.78, 5) is 25.7. The van der Waals surface area contributed by atoms with Crippen molar-refractivity contribution in [2.24, 2.45) is 5.73 Å². The van der Waals surface area contributed by atoms with Crippen molar-refractivity contribution in [3.05, 3.63) is 94.9 Å². The molecule has 0 bridgehead atoms. The van der Waals surface area contributed by atoms with E-state index in [1.54, 1.807) is 41.2 Å². The number of nitrogens with two attached hydrogens (primary N) is 1. The lowest BCUT2D eigenvalue weighted by molar-refractivity contribution is 0.0903. The number of nitrogens with zero attached hydrogens (tertiary/aromatic N) is 4. The first kappa shape index (κ1) is 32.0. The van der Waals surface area contributed by atoms with Crippen molar-refractivity contribution >= 4 is 33.6 Å². The summed E-state index contributed by atoms with van der Waals surface area (Å²) in [5, 5.41) is 6.30. The molecule has 0 saturated carbocycles. The van der Waals surface area contributed by atoms with Gasteiger partial charge in [-0.15, -0.1) is 0 Å². The van der Waals surface area contributed by atoms with Crippen molar-refractivity contribution in [3.63, 3.8) is 0 Å². The molecule has 15 heteroatoms. The van der Waals surface area contributed by atoms with Crippen LogP contribution >= 0.6 is 11.6 Å². The molecular weight excluding hydrogens is 601 g/mol. The minimum absolute atomic E-state index is 0.0741. The number of anilines is 1. The van der Waals surface area contributed by atoms with E-state index in [0.29, 0.717) is 30.5 Å². The Morgan fingerprint density at radius 2 is 1.93 bits per heavy atom. The predicted molar refractivity (Wildman–Crippen MR) is 158 cm³/mol. The van der Waals surface area contributed by atoms with Gasteiger partial charge >= 0.3 is 0 Å². The number of hydrogen-bond acceptors (Lipinski definition) is 9. The Kier molecular flexibility index (Phi) is 10.8. The number of benzene rings is 2. The third kappa shape index (κ3) is 9.27. The summed E-state index contributed by atoms with van der Waals surface area (Å²) in [6.45, 7) is 3.41. The van der Waals surface area contributed by atoms with Gasteiger partial charge in [0.2, 0.25) is 5.95 Å². The van der Waals surface area contributed by atoms with Gasteiger partial charge in [0.05, 0.1) is 4.90 Å². The highest BCUT2D eigenvalue weighted by Gasteiger charge is 2.17. The molecule has 1 fully saturated rings. The molecule has 1 unspecified atom stereocenters. The fraction of sp³-hybridized carbons (Fsp3) is 0.286. The maximum atomic E-state index is 13.5. The number of carbonyl (C=O) groups excluding carboxylic acids is 1. The second-order valence-corrected chi connectivity index (χ2v) is 11.6. The molecule has 0 aliphatic carbocycles. The average Bonchev–Trinajstić information content (AvgIpc) is 3.47. The first-order valence-corrected chi connectivity index (χ1v) is 15.1. The molecule has 3 heterocycles. The highest BCUT2D eigenvalue weighted by atomic mass is 35.5. The van der Waals surface area contributed by atoms with Crippen LogP contribution < -0.4 is 16.4 Å². The lowest BCUT2D eigenvalue weighted by Crippen LogP contribution is -2.32. The molecule has 4 aromatic rings. The molecule has 1 aliphatic heterocycles. The second kappa shape index (κ2) is 14.5. The van der Waals surface area contributed by atoms with Crippen molar-refractivity contribution in [2.75, 3.05) is 25.1 Å². The molecule has 1 amide bonds. The van der Waals surface area contributed by atoms with Crippen LogP contribution in [0.25, 0.3) is 5.82 Å². The quantitative estimate of drug-likeness (QED) is 0.210. The largest absolute Gasteiger partial charge is 0.381 e. The Morgan fingerprint density at radius 3 is 2.58 bits per heavy atom. The first-order valence-electron chi connectivity index (χ1n) is 13.2. The molecule has 43 heavy (non-hydrogen) atoms. The Morgan fingerprint density at radius 1 is 1.21 bits per heavy atom. The van der Waals surface area contributed by atoms with E-state index in [1.807, 2.05) is 6.92 Å². The molecule has 0 spiro atoms. The number of aromatic nitrogens is 4. The maximum Gasteiger partial charge on any atom is 0.294 e. The smallest absolute Gasteiger partial charge is 0.294 e. The van der Waals surface area contributed by atoms with Crippen molar-refractivity contribution in [1.29, 1.82) is 0 Å². The zero-order valence-corrected chi connectivity index (χ0v) is 24.7. The zero-order valence-electron chi connectivity index (χ0n) is 23.2. The average molecular weight is 632 g/mol. The number of ether oxygens (including phenoxy) is 1. The van der Waals surface area contributed by atoms with E-state index in [1.165, 1.54) is 30.6 Å². The molecule has 2 aromatic heterocycles. The van der Waals surface area contributed by atoms with Crippen LogP contribution in [0.1, 0.15) is 40.5 Å². The van der Waals surface area contributed by atoms with E-state index in [4.69, 9.17) is 26.6 Å². The van der Waals surface area contributed by atoms with E-state index in [0.717, 1.165) is 18.4 Å². The molecule has 228 valence electrons. The van der Waals surface area contributed by atoms with Gasteiger partial charge in [-0.25, -0.2) is 14.4 Å². The summed E-state index contributed by atoms with van der Waals surface area (Å²) in [5.74, 6) is 0.252. The summed E-state index contributed by atoms with van der Waals surface area (Å²) in [7, 11) is -4.00. The van der Waals surface area contributed by atoms with Crippen LogP contribution in [-0.4, -0.2) is 64.2 Å². The SMILES string of the molecule is Cc1cnc(NC2CCOCC2)nc1-n1cnc(C(=O)NCC(N)c2cc(F)cc(Cl)c2)c1.O=S(=O)(O)c1ccccc1. The highest BCUT2D eigenvalue weighted by Crippen LogP contribution is 2.19. The van der Waals surface area contributed by atoms with Gasteiger partial charge in [-0.1, -0.05) is 29.8 Å². The highest BCUT2D eigenvalue weighted by molar-refractivity contribution is 7.85. The maximum absolute atomic E-state index is 13.5. The lowest BCUT2D eigenvalue weighted by atomic mass is 10.1. The monoisotopic (exact) mass is 631 g/mol. The van der Waals surface area contributed by atoms with E-state index in [9.17, 15) is 17.6 Å². The molecule has 5 rings (SSSR count). The van der Waals surface area contributed by atoms with Gasteiger partial charge in [0.15, 0.2) is 0 Å². The fourth-order valence-electron chi connectivity index (χ4n) is 4.14. The van der Waals surface area contributed by atoms with Gasteiger partial charge in [0, 0.05) is 54.8 Å². The molecule has 2 aromatic carbocycles. The molecular formula is C28H31ClFN7O5S. The Hall–Kier alpha value is -3.95. The van der Waals surface area contributed by atoms with E-state index in [-0.39, 0.29) is 28.2 Å². The van der Waals surface area contributed by atoms with Crippen LogP contribution in [0.2, 0.25) is 5.02 Å². The lowest BCUT2D eigenvalue weighted by Gasteiger charge is -2.23. The molecule has 5 N–H and O–H groups in total. The van der Waals surface area contributed by atoms with Crippen LogP contribution in [0, 0.1) is 12.7 Å². The predicted octanol–water partition coefficient (Wildman–Crippen LogP) is 3.72. The number of nitrogens with one attached hydrogen (secondary N) is 2. The molecule has 0 radical (unpaired) electrons. The standard InChI is InChI=1S/C22H25ClFN7O2.C6H6O3S/c1-13-9-27-22(29-17-2-4-33-5-3-17)30-20(13)31-11-19(28-12-31)21(32)26-10-18(25)14-6-15(23)8-16(24)7-14;7-10(8,9)6-4-2-1-3-5-6/h6-9,11-12,17-18H,2-5,10,25H2,1H3,(H,26,32)(H,27,29,30);1-5H,(H,7,8,9). The van der Waals surface area contributed by atoms with Crippen molar-refractivity contribution in [3.8, 4) is 5.82 Å². The van der Waals surface area contributed by atoms with Crippen LogP contribution in [0.5, 0.6) is 0 Å².